The summed E-state index contributed by atoms with van der Waals surface area (Å²) in [6, 6.07) is 0. The molecule has 0 radical (unpaired) electrons. The summed E-state index contributed by atoms with van der Waals surface area (Å²) in [5, 5.41) is 6.64. The van der Waals surface area contributed by atoms with Crippen molar-refractivity contribution < 1.29 is 14.1 Å². The number of thiazole rings is 1. The monoisotopic (exact) mass is 307 g/mol. The molecule has 0 spiro atoms. The maximum absolute atomic E-state index is 12.0. The fraction of sp³-hybridized carbons (Fsp3) is 0.417. The number of hydrogen-bond acceptors (Lipinski definition) is 7. The van der Waals surface area contributed by atoms with Crippen LogP contribution in [0.5, 0.6) is 0 Å². The third-order valence-electron chi connectivity index (χ3n) is 3.13. The van der Waals surface area contributed by atoms with Crippen LogP contribution in [-0.4, -0.2) is 26.9 Å². The van der Waals surface area contributed by atoms with Crippen LogP contribution in [0.4, 0.5) is 0 Å². The predicted octanol–water partition coefficient (Wildman–Crippen LogP) is 0.434. The Bertz CT molecular complexity index is 669. The highest BCUT2D eigenvalue weighted by Crippen LogP contribution is 2.26. The average molecular weight is 307 g/mol. The highest BCUT2D eigenvalue weighted by Gasteiger charge is 2.19. The lowest BCUT2D eigenvalue weighted by Gasteiger charge is -2.06. The Balaban J connectivity index is 1.63. The summed E-state index contributed by atoms with van der Waals surface area (Å²) in [6.45, 7) is 0.0554. The minimum absolute atomic E-state index is 0.0554. The van der Waals surface area contributed by atoms with E-state index in [-0.39, 0.29) is 24.2 Å². The van der Waals surface area contributed by atoms with Crippen molar-refractivity contribution in [3.05, 3.63) is 27.3 Å². The topological polar surface area (TPSA) is 124 Å². The fourth-order valence-corrected chi connectivity index (χ4v) is 3.18. The minimum atomic E-state index is -0.798. The fourth-order valence-electron chi connectivity index (χ4n) is 2.11. The first kappa shape index (κ1) is 13.7. The Morgan fingerprint density at radius 1 is 1.29 bits per heavy atom. The van der Waals surface area contributed by atoms with Crippen LogP contribution in [0, 0.1) is 0 Å². The van der Waals surface area contributed by atoms with E-state index in [2.05, 4.69) is 25.0 Å². The maximum atomic E-state index is 12.0. The molecule has 0 atom stereocenters. The Hall–Kier alpha value is -2.29. The number of nitrogens with one attached hydrogen (secondary N) is 1. The third-order valence-corrected chi connectivity index (χ3v) is 4.28. The Labute approximate surface area is 123 Å². The molecular weight excluding hydrogens is 294 g/mol. The van der Waals surface area contributed by atoms with Crippen molar-refractivity contribution in [1.29, 1.82) is 0 Å². The smallest absolute Gasteiger partial charge is 0.315 e. The van der Waals surface area contributed by atoms with Crippen LogP contribution >= 0.6 is 11.3 Å². The van der Waals surface area contributed by atoms with Crippen molar-refractivity contribution >= 4 is 23.2 Å². The summed E-state index contributed by atoms with van der Waals surface area (Å²) in [5.74, 6) is -1.16. The van der Waals surface area contributed by atoms with E-state index in [9.17, 15) is 9.59 Å². The van der Waals surface area contributed by atoms with Gasteiger partial charge >= 0.3 is 11.8 Å². The summed E-state index contributed by atoms with van der Waals surface area (Å²) in [6.07, 6.45) is 4.20. The molecule has 0 fully saturated rings. The summed E-state index contributed by atoms with van der Waals surface area (Å²) in [4.78, 5) is 32.2. The number of rotatable bonds is 4. The van der Waals surface area contributed by atoms with Gasteiger partial charge in [-0.25, -0.2) is 4.98 Å². The quantitative estimate of drug-likeness (QED) is 0.844. The van der Waals surface area contributed by atoms with Crippen molar-refractivity contribution in [3.63, 3.8) is 0 Å². The second-order valence-electron chi connectivity index (χ2n) is 4.66. The molecule has 0 saturated carbocycles. The van der Waals surface area contributed by atoms with E-state index < -0.39 is 5.91 Å². The van der Waals surface area contributed by atoms with Crippen molar-refractivity contribution in [3.8, 4) is 0 Å². The largest absolute Gasteiger partial charge is 0.361 e. The first-order chi connectivity index (χ1) is 10.1. The molecule has 2 heterocycles. The van der Waals surface area contributed by atoms with Gasteiger partial charge in [0.05, 0.1) is 12.2 Å². The number of amides is 2. The first-order valence-corrected chi connectivity index (χ1v) is 7.34. The molecule has 2 aromatic rings. The lowest BCUT2D eigenvalue weighted by Crippen LogP contribution is -2.23. The van der Waals surface area contributed by atoms with E-state index in [1.54, 1.807) is 0 Å². The minimum Gasteiger partial charge on any atom is -0.361 e. The van der Waals surface area contributed by atoms with E-state index in [1.165, 1.54) is 16.2 Å². The molecule has 0 bridgehead atoms. The predicted molar refractivity (Wildman–Crippen MR) is 72.7 cm³/mol. The van der Waals surface area contributed by atoms with Gasteiger partial charge < -0.3 is 15.6 Å². The standard InChI is InChI=1S/C12H13N5O3S/c13-9(18)11-16-8(17-20-11)5-14-10(19)12-15-6-3-1-2-4-7(6)21-12/h1-5H2,(H2,13,18)(H,14,19). The van der Waals surface area contributed by atoms with Crippen LogP contribution < -0.4 is 11.1 Å². The maximum Gasteiger partial charge on any atom is 0.315 e. The molecule has 9 heteroatoms. The van der Waals surface area contributed by atoms with Gasteiger partial charge in [-0.1, -0.05) is 5.16 Å². The molecule has 2 amide bonds. The molecule has 1 aliphatic rings. The number of carbonyl (C=O) groups is 2. The van der Waals surface area contributed by atoms with Crippen molar-refractivity contribution in [2.75, 3.05) is 0 Å². The summed E-state index contributed by atoms with van der Waals surface area (Å²) < 4.78 is 4.63. The molecule has 0 aliphatic heterocycles. The zero-order valence-electron chi connectivity index (χ0n) is 11.1. The Morgan fingerprint density at radius 3 is 2.81 bits per heavy atom. The van der Waals surface area contributed by atoms with E-state index >= 15 is 0 Å². The van der Waals surface area contributed by atoms with Gasteiger partial charge in [-0.05, 0) is 25.7 Å². The summed E-state index contributed by atoms with van der Waals surface area (Å²) in [7, 11) is 0. The van der Waals surface area contributed by atoms with Crippen molar-refractivity contribution in [1.82, 2.24) is 20.4 Å². The van der Waals surface area contributed by atoms with Gasteiger partial charge in [0.2, 0.25) is 0 Å². The molecule has 3 N–H and O–H groups in total. The van der Waals surface area contributed by atoms with Gasteiger partial charge in [0.25, 0.3) is 5.91 Å². The molecular formula is C12H13N5O3S. The van der Waals surface area contributed by atoms with Gasteiger partial charge in [-0.15, -0.1) is 11.3 Å². The molecule has 0 saturated heterocycles. The third kappa shape index (κ3) is 2.92. The molecule has 3 rings (SSSR count). The van der Waals surface area contributed by atoms with E-state index in [0.717, 1.165) is 31.4 Å². The highest BCUT2D eigenvalue weighted by atomic mass is 32.1. The number of aromatic nitrogens is 3. The van der Waals surface area contributed by atoms with E-state index in [1.807, 2.05) is 0 Å². The lowest BCUT2D eigenvalue weighted by molar-refractivity contribution is 0.0943. The SMILES string of the molecule is NC(=O)c1nc(CNC(=O)c2nc3c(s2)CCCC3)no1. The second kappa shape index (κ2) is 5.60. The van der Waals surface area contributed by atoms with Crippen molar-refractivity contribution in [2.45, 2.75) is 32.2 Å². The lowest BCUT2D eigenvalue weighted by atomic mass is 10.0. The molecule has 1 aliphatic carbocycles. The zero-order chi connectivity index (χ0) is 14.8. The normalized spacial score (nSPS) is 13.7. The molecule has 8 nitrogen and oxygen atoms in total. The second-order valence-corrected chi connectivity index (χ2v) is 5.74. The van der Waals surface area contributed by atoms with Gasteiger partial charge in [0.1, 0.15) is 0 Å². The van der Waals surface area contributed by atoms with Gasteiger partial charge in [-0.3, -0.25) is 9.59 Å². The highest BCUT2D eigenvalue weighted by molar-refractivity contribution is 7.13. The summed E-state index contributed by atoms with van der Waals surface area (Å²) in [5.41, 5.74) is 6.03. The number of primary amides is 1. The number of nitrogens with two attached hydrogens (primary N) is 1. The molecule has 110 valence electrons. The number of fused-ring (bicyclic) bond motifs is 1. The Kier molecular flexibility index (Phi) is 3.65. The Morgan fingerprint density at radius 2 is 2.10 bits per heavy atom. The molecule has 0 unspecified atom stereocenters. The van der Waals surface area contributed by atoms with Crippen LogP contribution in [0.15, 0.2) is 4.52 Å². The molecule has 2 aromatic heterocycles. The van der Waals surface area contributed by atoms with Crippen LogP contribution in [0.1, 0.15) is 49.7 Å². The summed E-state index contributed by atoms with van der Waals surface area (Å²) >= 11 is 1.43. The molecule has 21 heavy (non-hydrogen) atoms. The van der Waals surface area contributed by atoms with Crippen LogP contribution in [0.25, 0.3) is 0 Å². The molecule has 0 aromatic carbocycles. The zero-order valence-corrected chi connectivity index (χ0v) is 11.9. The van der Waals surface area contributed by atoms with E-state index in [0.29, 0.717) is 5.01 Å². The number of hydrogen-bond donors (Lipinski definition) is 2. The van der Waals surface area contributed by atoms with Crippen LogP contribution in [0.3, 0.4) is 0 Å². The van der Waals surface area contributed by atoms with Gasteiger partial charge in [-0.2, -0.15) is 4.98 Å². The van der Waals surface area contributed by atoms with Crippen molar-refractivity contribution in [2.24, 2.45) is 5.73 Å². The van der Waals surface area contributed by atoms with E-state index in [4.69, 9.17) is 5.73 Å². The number of nitrogens with zero attached hydrogens (tertiary/aromatic N) is 3. The first-order valence-electron chi connectivity index (χ1n) is 6.52. The average Bonchev–Trinajstić information content (AvgIpc) is 3.11. The number of aryl methyl sites for hydroxylation is 2. The van der Waals surface area contributed by atoms with Crippen LogP contribution in [0.2, 0.25) is 0 Å². The van der Waals surface area contributed by atoms with Gasteiger partial charge in [0.15, 0.2) is 10.8 Å². The van der Waals surface area contributed by atoms with Crippen LogP contribution in [-0.2, 0) is 19.4 Å². The number of carbonyl (C=O) groups excluding carboxylic acids is 2. The van der Waals surface area contributed by atoms with Gasteiger partial charge in [0, 0.05) is 4.88 Å².